The van der Waals surface area contributed by atoms with Gasteiger partial charge in [-0.25, -0.2) is 9.67 Å². The molecule has 3 aromatic heterocycles. The SMILES string of the molecule is CC1(C)C[C@H]2CCCn3ccc(n3)SNC(=O)c3ccc(-n4ccc(OCCC5(C(F)(F)F)CC5)n4)nc3N1C2. The number of carbonyl (C=O) groups excluding carboxylic acids is 1. The molecule has 1 N–H and O–H groups in total. The van der Waals surface area contributed by atoms with Crippen molar-refractivity contribution in [1.82, 2.24) is 29.3 Å². The van der Waals surface area contributed by atoms with E-state index in [2.05, 4.69) is 33.7 Å². The van der Waals surface area contributed by atoms with Crippen molar-refractivity contribution in [2.45, 2.75) is 75.7 Å². The highest BCUT2D eigenvalue weighted by Crippen LogP contribution is 2.59. The molecule has 9 nitrogen and oxygen atoms in total. The van der Waals surface area contributed by atoms with E-state index < -0.39 is 11.6 Å². The zero-order valence-corrected chi connectivity index (χ0v) is 23.3. The number of rotatable bonds is 5. The first kappa shape index (κ1) is 27.0. The Kier molecular flexibility index (Phi) is 6.75. The number of halogens is 3. The van der Waals surface area contributed by atoms with Crippen LogP contribution in [0.1, 0.15) is 62.7 Å². The van der Waals surface area contributed by atoms with Gasteiger partial charge in [0.15, 0.2) is 5.82 Å². The number of aryl methyl sites for hydroxylation is 1. The van der Waals surface area contributed by atoms with Gasteiger partial charge in [-0.3, -0.25) is 14.2 Å². The number of ether oxygens (including phenoxy) is 1. The Morgan fingerprint density at radius 3 is 2.75 bits per heavy atom. The van der Waals surface area contributed by atoms with Gasteiger partial charge in [-0.05, 0) is 76.5 Å². The van der Waals surface area contributed by atoms with E-state index in [1.807, 2.05) is 16.9 Å². The number of alkyl halides is 3. The summed E-state index contributed by atoms with van der Waals surface area (Å²) in [7, 11) is 0. The number of aromatic nitrogens is 5. The number of hydrogen-bond donors (Lipinski definition) is 1. The fourth-order valence-electron chi connectivity index (χ4n) is 5.81. The Labute approximate surface area is 234 Å². The minimum atomic E-state index is -4.20. The maximum absolute atomic E-state index is 13.3. The van der Waals surface area contributed by atoms with E-state index in [-0.39, 0.29) is 43.2 Å². The summed E-state index contributed by atoms with van der Waals surface area (Å²) >= 11 is 1.17. The van der Waals surface area contributed by atoms with E-state index in [0.29, 0.717) is 28.1 Å². The van der Waals surface area contributed by atoms with Crippen LogP contribution in [0.15, 0.2) is 41.7 Å². The molecule has 214 valence electrons. The number of hydrogen-bond acceptors (Lipinski definition) is 7. The highest BCUT2D eigenvalue weighted by Gasteiger charge is 2.62. The maximum Gasteiger partial charge on any atom is 0.394 e. The van der Waals surface area contributed by atoms with Crippen molar-refractivity contribution >= 4 is 23.7 Å². The maximum atomic E-state index is 13.3. The first-order valence-corrected chi connectivity index (χ1v) is 14.4. The second-order valence-corrected chi connectivity index (χ2v) is 12.4. The molecule has 0 aromatic carbocycles. The molecule has 2 fully saturated rings. The first-order chi connectivity index (χ1) is 19.0. The predicted molar refractivity (Wildman–Crippen MR) is 144 cm³/mol. The van der Waals surface area contributed by atoms with Gasteiger partial charge in [0.25, 0.3) is 5.91 Å². The summed E-state index contributed by atoms with van der Waals surface area (Å²) < 4.78 is 51.6. The largest absolute Gasteiger partial charge is 0.477 e. The van der Waals surface area contributed by atoms with Gasteiger partial charge in [0.2, 0.25) is 5.88 Å². The molecule has 13 heteroatoms. The number of pyridine rings is 1. The van der Waals surface area contributed by atoms with Crippen LogP contribution in [0.25, 0.3) is 5.82 Å². The van der Waals surface area contributed by atoms with Crippen LogP contribution in [-0.4, -0.2) is 55.3 Å². The summed E-state index contributed by atoms with van der Waals surface area (Å²) in [6.45, 7) is 5.87. The van der Waals surface area contributed by atoms with Gasteiger partial charge in [-0.1, -0.05) is 0 Å². The van der Waals surface area contributed by atoms with Crippen molar-refractivity contribution in [3.05, 3.63) is 42.2 Å². The highest BCUT2D eigenvalue weighted by molar-refractivity contribution is 7.97. The van der Waals surface area contributed by atoms with Gasteiger partial charge >= 0.3 is 6.18 Å². The van der Waals surface area contributed by atoms with Gasteiger partial charge < -0.3 is 9.64 Å². The van der Waals surface area contributed by atoms with E-state index in [4.69, 9.17) is 9.72 Å². The molecule has 1 aliphatic carbocycles. The zero-order valence-electron chi connectivity index (χ0n) is 22.4. The van der Waals surface area contributed by atoms with Gasteiger partial charge in [0, 0.05) is 49.0 Å². The monoisotopic (exact) mass is 575 g/mol. The van der Waals surface area contributed by atoms with Crippen LogP contribution in [0.4, 0.5) is 19.0 Å². The van der Waals surface area contributed by atoms with Crippen LogP contribution in [0.2, 0.25) is 0 Å². The van der Waals surface area contributed by atoms with E-state index in [1.165, 1.54) is 16.6 Å². The molecule has 40 heavy (non-hydrogen) atoms. The molecule has 1 saturated carbocycles. The van der Waals surface area contributed by atoms with Crippen molar-refractivity contribution in [2.24, 2.45) is 11.3 Å². The van der Waals surface area contributed by atoms with E-state index in [9.17, 15) is 18.0 Å². The van der Waals surface area contributed by atoms with Crippen molar-refractivity contribution in [2.75, 3.05) is 18.1 Å². The predicted octanol–water partition coefficient (Wildman–Crippen LogP) is 5.41. The summed E-state index contributed by atoms with van der Waals surface area (Å²) in [4.78, 5) is 20.5. The first-order valence-electron chi connectivity index (χ1n) is 13.6. The average Bonchev–Trinajstić information content (AvgIpc) is 3.20. The van der Waals surface area contributed by atoms with Gasteiger partial charge in [-0.2, -0.15) is 18.3 Å². The van der Waals surface area contributed by atoms with Crippen LogP contribution in [-0.2, 0) is 6.54 Å². The summed E-state index contributed by atoms with van der Waals surface area (Å²) in [6, 6.07) is 6.95. The molecule has 0 spiro atoms. The number of carbonyl (C=O) groups is 1. The molecular formula is C27H32F3N7O2S. The van der Waals surface area contributed by atoms with Crippen LogP contribution < -0.4 is 14.4 Å². The normalized spacial score (nSPS) is 21.9. The lowest BCUT2D eigenvalue weighted by atomic mass is 9.93. The molecule has 5 heterocycles. The minimum absolute atomic E-state index is 0.0619. The summed E-state index contributed by atoms with van der Waals surface area (Å²) in [5.74, 6) is 1.47. The Bertz CT molecular complexity index is 1400. The molecule has 3 aliphatic rings. The quantitative estimate of drug-likeness (QED) is 0.407. The fourth-order valence-corrected chi connectivity index (χ4v) is 6.39. The molecule has 1 saturated heterocycles. The van der Waals surface area contributed by atoms with Gasteiger partial charge in [0.05, 0.1) is 17.6 Å². The molecule has 1 atom stereocenters. The standard InChI is InChI=1S/C27H32F3N7O2S/c1-25(2)16-18-4-3-12-35-13-8-22(33-35)40-34-24(38)19-5-6-20(31-23(19)36(25)17-18)37-14-7-21(32-37)39-15-11-26(9-10-26)27(28,29)30/h5-8,13-14,18H,3-4,9-12,15-17H2,1-2H3,(H,34,38)/t18-/m1/s1. The fraction of sp³-hybridized carbons (Fsp3) is 0.556. The van der Waals surface area contributed by atoms with E-state index in [1.54, 1.807) is 24.4 Å². The molecular weight excluding hydrogens is 543 g/mol. The zero-order chi connectivity index (χ0) is 28.1. The van der Waals surface area contributed by atoms with Gasteiger partial charge in [0.1, 0.15) is 10.8 Å². The molecule has 3 aromatic rings. The van der Waals surface area contributed by atoms with E-state index in [0.717, 1.165) is 32.4 Å². The van der Waals surface area contributed by atoms with Crippen LogP contribution in [0, 0.1) is 11.3 Å². The Morgan fingerprint density at radius 1 is 1.15 bits per heavy atom. The molecule has 0 radical (unpaired) electrons. The minimum Gasteiger partial charge on any atom is -0.477 e. The molecule has 4 bridgehead atoms. The molecule has 2 aliphatic heterocycles. The number of fused-ring (bicyclic) bond motifs is 6. The Balaban J connectivity index is 1.25. The van der Waals surface area contributed by atoms with Crippen LogP contribution in [0.3, 0.4) is 0 Å². The molecule has 6 rings (SSSR count). The number of anilines is 1. The third-order valence-corrected chi connectivity index (χ3v) is 8.98. The Morgan fingerprint density at radius 2 is 1.98 bits per heavy atom. The van der Waals surface area contributed by atoms with Gasteiger partial charge in [-0.15, -0.1) is 5.10 Å². The number of nitrogens with one attached hydrogen (secondary N) is 1. The average molecular weight is 576 g/mol. The third-order valence-electron chi connectivity index (χ3n) is 8.27. The molecule has 1 amide bonds. The summed E-state index contributed by atoms with van der Waals surface area (Å²) in [6.07, 6.45) is 2.62. The Hall–Kier alpha value is -3.22. The summed E-state index contributed by atoms with van der Waals surface area (Å²) in [5, 5.41) is 9.66. The summed E-state index contributed by atoms with van der Waals surface area (Å²) in [5.41, 5.74) is -1.38. The number of amides is 1. The van der Waals surface area contributed by atoms with Crippen LogP contribution in [0.5, 0.6) is 5.88 Å². The van der Waals surface area contributed by atoms with E-state index >= 15 is 0 Å². The lowest BCUT2D eigenvalue weighted by molar-refractivity contribution is -0.190. The highest BCUT2D eigenvalue weighted by atomic mass is 32.2. The second-order valence-electron chi connectivity index (χ2n) is 11.6. The van der Waals surface area contributed by atoms with Crippen molar-refractivity contribution < 1.29 is 22.7 Å². The number of nitrogens with zero attached hydrogens (tertiary/aromatic N) is 6. The third kappa shape index (κ3) is 5.27. The lowest BCUT2D eigenvalue weighted by Gasteiger charge is -2.34. The smallest absolute Gasteiger partial charge is 0.394 e. The van der Waals surface area contributed by atoms with Crippen LogP contribution >= 0.6 is 11.9 Å². The van der Waals surface area contributed by atoms with Crippen molar-refractivity contribution in [1.29, 1.82) is 0 Å². The molecule has 0 unspecified atom stereocenters. The topological polar surface area (TPSA) is 90.1 Å². The second kappa shape index (κ2) is 10.0. The lowest BCUT2D eigenvalue weighted by Crippen LogP contribution is -2.40. The van der Waals surface area contributed by atoms with Crippen molar-refractivity contribution in [3.63, 3.8) is 0 Å². The van der Waals surface area contributed by atoms with Crippen molar-refractivity contribution in [3.8, 4) is 11.7 Å².